The van der Waals surface area contributed by atoms with Crippen LogP contribution in [0.4, 0.5) is 4.39 Å². The molecule has 112 valence electrons. The average Bonchev–Trinajstić information content (AvgIpc) is 2.40. The van der Waals surface area contributed by atoms with E-state index in [-0.39, 0.29) is 11.9 Å². The predicted octanol–water partition coefficient (Wildman–Crippen LogP) is 5.02. The van der Waals surface area contributed by atoms with Crippen molar-refractivity contribution in [3.8, 4) is 0 Å². The zero-order valence-corrected chi connectivity index (χ0v) is 14.5. The number of aryl methyl sites for hydroxylation is 3. The molecule has 0 aliphatic rings. The van der Waals surface area contributed by atoms with E-state index in [0.29, 0.717) is 6.42 Å². The van der Waals surface area contributed by atoms with E-state index >= 15 is 0 Å². The van der Waals surface area contributed by atoms with E-state index in [9.17, 15) is 4.39 Å². The molecule has 21 heavy (non-hydrogen) atoms. The van der Waals surface area contributed by atoms with Crippen molar-refractivity contribution in [3.63, 3.8) is 0 Å². The highest BCUT2D eigenvalue weighted by molar-refractivity contribution is 9.10. The van der Waals surface area contributed by atoms with Crippen LogP contribution in [0.1, 0.15) is 33.9 Å². The van der Waals surface area contributed by atoms with Crippen LogP contribution < -0.4 is 5.32 Å². The van der Waals surface area contributed by atoms with Gasteiger partial charge in [-0.15, -0.1) is 0 Å². The Labute approximate surface area is 134 Å². The number of rotatable bonds is 4. The second-order valence-corrected chi connectivity index (χ2v) is 6.51. The van der Waals surface area contributed by atoms with Gasteiger partial charge in [0.2, 0.25) is 0 Å². The summed E-state index contributed by atoms with van der Waals surface area (Å²) in [6.45, 7) is 6.35. The molecule has 0 radical (unpaired) electrons. The Kier molecular flexibility index (Phi) is 5.17. The van der Waals surface area contributed by atoms with Crippen LogP contribution in [0, 0.1) is 26.6 Å². The van der Waals surface area contributed by atoms with Gasteiger partial charge in [0.15, 0.2) is 0 Å². The molecule has 1 N–H and O–H groups in total. The summed E-state index contributed by atoms with van der Waals surface area (Å²) in [6, 6.07) is 9.58. The van der Waals surface area contributed by atoms with Crippen LogP contribution in [-0.2, 0) is 6.42 Å². The van der Waals surface area contributed by atoms with Gasteiger partial charge in [-0.1, -0.05) is 33.6 Å². The fraction of sp³-hybridized carbons (Fsp3) is 0.333. The number of halogens is 2. The monoisotopic (exact) mass is 349 g/mol. The topological polar surface area (TPSA) is 12.0 Å². The van der Waals surface area contributed by atoms with Crippen molar-refractivity contribution in [2.24, 2.45) is 0 Å². The number of benzene rings is 2. The van der Waals surface area contributed by atoms with Crippen molar-refractivity contribution in [1.82, 2.24) is 5.32 Å². The number of nitrogens with one attached hydrogen (secondary N) is 1. The molecule has 0 heterocycles. The van der Waals surface area contributed by atoms with E-state index in [1.807, 2.05) is 13.1 Å². The first kappa shape index (κ1) is 16.2. The smallest absolute Gasteiger partial charge is 0.126 e. The van der Waals surface area contributed by atoms with Crippen molar-refractivity contribution in [2.45, 2.75) is 33.2 Å². The molecule has 0 saturated carbocycles. The van der Waals surface area contributed by atoms with Crippen molar-refractivity contribution in [2.75, 3.05) is 7.05 Å². The van der Waals surface area contributed by atoms with Gasteiger partial charge in [0.1, 0.15) is 5.82 Å². The minimum absolute atomic E-state index is 0.106. The summed E-state index contributed by atoms with van der Waals surface area (Å²) in [5.41, 5.74) is 5.76. The Morgan fingerprint density at radius 2 is 1.71 bits per heavy atom. The first-order valence-electron chi connectivity index (χ1n) is 7.11. The van der Waals surface area contributed by atoms with Gasteiger partial charge in [-0.3, -0.25) is 0 Å². The molecule has 0 aromatic heterocycles. The van der Waals surface area contributed by atoms with Gasteiger partial charge < -0.3 is 5.32 Å². The largest absolute Gasteiger partial charge is 0.313 e. The van der Waals surface area contributed by atoms with Crippen LogP contribution in [0.3, 0.4) is 0 Å². The van der Waals surface area contributed by atoms with Crippen LogP contribution in [-0.4, -0.2) is 7.05 Å². The van der Waals surface area contributed by atoms with Gasteiger partial charge >= 0.3 is 0 Å². The summed E-state index contributed by atoms with van der Waals surface area (Å²) in [5.74, 6) is -0.152. The predicted molar refractivity (Wildman–Crippen MR) is 90.3 cm³/mol. The number of hydrogen-bond acceptors (Lipinski definition) is 1. The van der Waals surface area contributed by atoms with E-state index < -0.39 is 0 Å². The quantitative estimate of drug-likeness (QED) is 0.817. The first-order valence-corrected chi connectivity index (χ1v) is 7.90. The molecule has 3 heteroatoms. The molecule has 0 amide bonds. The van der Waals surface area contributed by atoms with Crippen LogP contribution in [0.2, 0.25) is 0 Å². The highest BCUT2D eigenvalue weighted by Crippen LogP contribution is 2.28. The molecule has 0 aliphatic carbocycles. The van der Waals surface area contributed by atoms with Crippen LogP contribution in [0.5, 0.6) is 0 Å². The van der Waals surface area contributed by atoms with Gasteiger partial charge in [0.25, 0.3) is 0 Å². The average molecular weight is 350 g/mol. The van der Waals surface area contributed by atoms with Crippen molar-refractivity contribution in [1.29, 1.82) is 0 Å². The van der Waals surface area contributed by atoms with E-state index in [2.05, 4.69) is 54.2 Å². The van der Waals surface area contributed by atoms with Gasteiger partial charge in [-0.25, -0.2) is 4.39 Å². The lowest BCUT2D eigenvalue weighted by molar-refractivity contribution is 0.550. The molecular formula is C18H21BrFN. The molecular weight excluding hydrogens is 329 g/mol. The van der Waals surface area contributed by atoms with E-state index in [1.54, 1.807) is 6.07 Å². The molecule has 1 unspecified atom stereocenters. The fourth-order valence-electron chi connectivity index (χ4n) is 3.01. The van der Waals surface area contributed by atoms with Crippen LogP contribution >= 0.6 is 15.9 Å². The lowest BCUT2D eigenvalue weighted by Crippen LogP contribution is -2.21. The minimum Gasteiger partial charge on any atom is -0.313 e. The summed E-state index contributed by atoms with van der Waals surface area (Å²) in [5, 5.41) is 3.33. The summed E-state index contributed by atoms with van der Waals surface area (Å²) in [7, 11) is 1.93. The highest BCUT2D eigenvalue weighted by atomic mass is 79.9. The molecule has 1 nitrogen and oxygen atoms in total. The second-order valence-electron chi connectivity index (χ2n) is 5.59. The Hall–Kier alpha value is -1.19. The third-order valence-corrected chi connectivity index (χ3v) is 4.36. The Bertz CT molecular complexity index is 629. The lowest BCUT2D eigenvalue weighted by Gasteiger charge is -2.22. The third-order valence-electron chi connectivity index (χ3n) is 3.87. The standard InChI is InChI=1S/C18H21BrFN/c1-11-7-12(2)18(13(3)8-11)17(21-4)10-14-9-15(19)5-6-16(14)20/h5-9,17,21H,10H2,1-4H3. The van der Waals surface area contributed by atoms with Gasteiger partial charge in [-0.05, 0) is 74.7 Å². The molecule has 2 aromatic carbocycles. The molecule has 1 atom stereocenters. The second kappa shape index (κ2) is 6.71. The Balaban J connectivity index is 2.39. The summed E-state index contributed by atoms with van der Waals surface area (Å²) in [4.78, 5) is 0. The number of hydrogen-bond donors (Lipinski definition) is 1. The lowest BCUT2D eigenvalue weighted by atomic mass is 9.90. The SMILES string of the molecule is CNC(Cc1cc(Br)ccc1F)c1c(C)cc(C)cc1C. The molecule has 0 aliphatic heterocycles. The molecule has 2 rings (SSSR count). The van der Waals surface area contributed by atoms with Gasteiger partial charge in [0.05, 0.1) is 0 Å². The zero-order valence-electron chi connectivity index (χ0n) is 12.9. The minimum atomic E-state index is -0.152. The normalized spacial score (nSPS) is 12.5. The molecule has 0 spiro atoms. The first-order chi connectivity index (χ1) is 9.92. The maximum Gasteiger partial charge on any atom is 0.126 e. The molecule has 2 aromatic rings. The Morgan fingerprint density at radius 1 is 1.10 bits per heavy atom. The van der Waals surface area contributed by atoms with Crippen molar-refractivity contribution < 1.29 is 4.39 Å². The van der Waals surface area contributed by atoms with Gasteiger partial charge in [0, 0.05) is 10.5 Å². The van der Waals surface area contributed by atoms with Crippen LogP contribution in [0.25, 0.3) is 0 Å². The zero-order chi connectivity index (χ0) is 15.6. The van der Waals surface area contributed by atoms with Gasteiger partial charge in [-0.2, -0.15) is 0 Å². The molecule has 0 saturated heterocycles. The van der Waals surface area contributed by atoms with E-state index in [0.717, 1.165) is 10.0 Å². The molecule has 0 fully saturated rings. The summed E-state index contributed by atoms with van der Waals surface area (Å²) < 4.78 is 14.9. The molecule has 0 bridgehead atoms. The Morgan fingerprint density at radius 3 is 2.29 bits per heavy atom. The maximum absolute atomic E-state index is 14.0. The van der Waals surface area contributed by atoms with Crippen molar-refractivity contribution >= 4 is 15.9 Å². The van der Waals surface area contributed by atoms with E-state index in [4.69, 9.17) is 0 Å². The fourth-order valence-corrected chi connectivity index (χ4v) is 3.42. The highest BCUT2D eigenvalue weighted by Gasteiger charge is 2.17. The summed E-state index contributed by atoms with van der Waals surface area (Å²) >= 11 is 3.42. The van der Waals surface area contributed by atoms with Crippen LogP contribution in [0.15, 0.2) is 34.8 Å². The summed E-state index contributed by atoms with van der Waals surface area (Å²) in [6.07, 6.45) is 0.631. The number of likely N-dealkylation sites (N-methyl/N-ethyl adjacent to an activating group) is 1. The maximum atomic E-state index is 14.0. The third kappa shape index (κ3) is 3.72. The van der Waals surface area contributed by atoms with E-state index in [1.165, 1.54) is 28.3 Å². The van der Waals surface area contributed by atoms with Crippen molar-refractivity contribution in [3.05, 3.63) is 68.4 Å².